The maximum Gasteiger partial charge on any atom is 0.175 e. The van der Waals surface area contributed by atoms with E-state index in [0.717, 1.165) is 49.2 Å². The molecule has 0 atom stereocenters. The normalized spacial score (nSPS) is 11.1. The molecule has 0 saturated heterocycles. The van der Waals surface area contributed by atoms with Crippen LogP contribution in [-0.2, 0) is 13.2 Å². The van der Waals surface area contributed by atoms with E-state index < -0.39 is 0 Å². The van der Waals surface area contributed by atoms with E-state index in [9.17, 15) is 4.39 Å². The maximum absolute atomic E-state index is 13.8. The zero-order valence-corrected chi connectivity index (χ0v) is 18.5. The Labute approximate surface area is 176 Å². The number of methoxy groups -OCH3 is 1. The van der Waals surface area contributed by atoms with Crippen LogP contribution in [0.4, 0.5) is 4.39 Å². The van der Waals surface area contributed by atoms with Crippen LogP contribution in [0.1, 0.15) is 31.4 Å². The minimum absolute atomic E-state index is 0.143. The molecule has 0 unspecified atom stereocenters. The first kappa shape index (κ1) is 22.7. The van der Waals surface area contributed by atoms with Gasteiger partial charge in [0, 0.05) is 12.1 Å². The predicted molar refractivity (Wildman–Crippen MR) is 116 cm³/mol. The summed E-state index contributed by atoms with van der Waals surface area (Å²) >= 11 is 3.56. The van der Waals surface area contributed by atoms with E-state index in [1.807, 2.05) is 12.1 Å². The van der Waals surface area contributed by atoms with Crippen LogP contribution in [0.15, 0.2) is 40.9 Å². The highest BCUT2D eigenvalue weighted by atomic mass is 79.9. The number of halogens is 2. The van der Waals surface area contributed by atoms with E-state index in [4.69, 9.17) is 9.47 Å². The van der Waals surface area contributed by atoms with Gasteiger partial charge in [-0.1, -0.05) is 32.0 Å². The third-order valence-corrected chi connectivity index (χ3v) is 5.26. The molecule has 2 aromatic carbocycles. The fourth-order valence-electron chi connectivity index (χ4n) is 2.98. The summed E-state index contributed by atoms with van der Waals surface area (Å²) < 4.78 is 25.9. The molecule has 0 aromatic heterocycles. The molecule has 0 saturated carbocycles. The van der Waals surface area contributed by atoms with Crippen LogP contribution in [0.3, 0.4) is 0 Å². The highest BCUT2D eigenvalue weighted by molar-refractivity contribution is 9.10. The zero-order valence-electron chi connectivity index (χ0n) is 16.9. The van der Waals surface area contributed by atoms with E-state index in [0.29, 0.717) is 17.1 Å². The maximum atomic E-state index is 13.8. The van der Waals surface area contributed by atoms with Gasteiger partial charge in [-0.05, 0) is 72.3 Å². The fraction of sp³-hybridized carbons (Fsp3) is 0.455. The van der Waals surface area contributed by atoms with Crippen molar-refractivity contribution in [2.45, 2.75) is 33.4 Å². The molecule has 2 aromatic rings. The van der Waals surface area contributed by atoms with Crippen molar-refractivity contribution in [3.05, 3.63) is 57.8 Å². The van der Waals surface area contributed by atoms with Gasteiger partial charge in [0.2, 0.25) is 0 Å². The van der Waals surface area contributed by atoms with Gasteiger partial charge in [0.15, 0.2) is 11.5 Å². The average Bonchev–Trinajstić information content (AvgIpc) is 2.70. The number of ether oxygens (including phenoxy) is 2. The fourth-order valence-corrected chi connectivity index (χ4v) is 3.58. The Morgan fingerprint density at radius 1 is 1.14 bits per heavy atom. The number of rotatable bonds is 12. The van der Waals surface area contributed by atoms with Gasteiger partial charge in [-0.3, -0.25) is 0 Å². The Morgan fingerprint density at radius 3 is 2.57 bits per heavy atom. The molecule has 0 aliphatic carbocycles. The summed E-state index contributed by atoms with van der Waals surface area (Å²) in [5, 5.41) is 3.48. The lowest BCUT2D eigenvalue weighted by molar-refractivity contribution is 0.277. The molecule has 0 aliphatic rings. The summed E-state index contributed by atoms with van der Waals surface area (Å²) in [6.45, 7) is 9.53. The summed E-state index contributed by atoms with van der Waals surface area (Å²) in [6, 6.07) is 10.6. The minimum Gasteiger partial charge on any atom is -0.493 e. The number of nitrogens with zero attached hydrogens (tertiary/aromatic N) is 1. The largest absolute Gasteiger partial charge is 0.493 e. The van der Waals surface area contributed by atoms with Crippen LogP contribution < -0.4 is 14.8 Å². The Morgan fingerprint density at radius 2 is 1.89 bits per heavy atom. The van der Waals surface area contributed by atoms with Gasteiger partial charge in [0.25, 0.3) is 0 Å². The number of hydrogen-bond acceptors (Lipinski definition) is 4. The van der Waals surface area contributed by atoms with Gasteiger partial charge in [0.05, 0.1) is 11.6 Å². The first-order valence-corrected chi connectivity index (χ1v) is 10.5. The SMILES string of the molecule is CCN(CC)CCCNCc1cc(Br)c(OCc2ccccc2F)c(OC)c1. The molecule has 0 spiro atoms. The molecule has 6 heteroatoms. The Hall–Kier alpha value is -1.63. The summed E-state index contributed by atoms with van der Waals surface area (Å²) in [5.41, 5.74) is 1.61. The van der Waals surface area contributed by atoms with Crippen LogP contribution in [0.5, 0.6) is 11.5 Å². The Bertz CT molecular complexity index is 738. The lowest BCUT2D eigenvalue weighted by Crippen LogP contribution is -2.27. The Balaban J connectivity index is 1.92. The molecule has 0 bridgehead atoms. The van der Waals surface area contributed by atoms with Crippen molar-refractivity contribution in [1.29, 1.82) is 0 Å². The van der Waals surface area contributed by atoms with Gasteiger partial charge >= 0.3 is 0 Å². The van der Waals surface area contributed by atoms with E-state index in [-0.39, 0.29) is 12.4 Å². The summed E-state index contributed by atoms with van der Waals surface area (Å²) in [5.74, 6) is 0.935. The quantitative estimate of drug-likeness (QED) is 0.459. The average molecular weight is 453 g/mol. The molecule has 154 valence electrons. The molecule has 0 radical (unpaired) electrons. The predicted octanol–water partition coefficient (Wildman–Crippen LogP) is 5.00. The van der Waals surface area contributed by atoms with Crippen LogP contribution >= 0.6 is 15.9 Å². The second kappa shape index (κ2) is 12.0. The number of benzene rings is 2. The second-order valence-electron chi connectivity index (χ2n) is 6.55. The molecule has 4 nitrogen and oxygen atoms in total. The van der Waals surface area contributed by atoms with Crippen molar-refractivity contribution >= 4 is 15.9 Å². The molecule has 0 aliphatic heterocycles. The smallest absolute Gasteiger partial charge is 0.175 e. The van der Waals surface area contributed by atoms with Crippen molar-refractivity contribution in [3.63, 3.8) is 0 Å². The van der Waals surface area contributed by atoms with Gasteiger partial charge in [-0.25, -0.2) is 4.39 Å². The van der Waals surface area contributed by atoms with Gasteiger partial charge in [-0.15, -0.1) is 0 Å². The zero-order chi connectivity index (χ0) is 20.4. The number of nitrogens with one attached hydrogen (secondary N) is 1. The van der Waals surface area contributed by atoms with Gasteiger partial charge in [-0.2, -0.15) is 0 Å². The van der Waals surface area contributed by atoms with Crippen LogP contribution in [0, 0.1) is 5.82 Å². The van der Waals surface area contributed by atoms with Crippen molar-refractivity contribution in [2.75, 3.05) is 33.3 Å². The third kappa shape index (κ3) is 6.76. The molecule has 1 N–H and O–H groups in total. The molecule has 2 rings (SSSR count). The van der Waals surface area contributed by atoms with Crippen LogP contribution in [-0.4, -0.2) is 38.2 Å². The highest BCUT2D eigenvalue weighted by Crippen LogP contribution is 2.37. The minimum atomic E-state index is -0.275. The first-order valence-electron chi connectivity index (χ1n) is 9.74. The summed E-state index contributed by atoms with van der Waals surface area (Å²) in [6.07, 6.45) is 1.11. The molecule has 0 heterocycles. The van der Waals surface area contributed by atoms with E-state index in [2.05, 4.69) is 40.0 Å². The monoisotopic (exact) mass is 452 g/mol. The molecular formula is C22H30BrFN2O2. The topological polar surface area (TPSA) is 33.7 Å². The lowest BCUT2D eigenvalue weighted by Gasteiger charge is -2.18. The van der Waals surface area contributed by atoms with Crippen LogP contribution in [0.25, 0.3) is 0 Å². The van der Waals surface area contributed by atoms with Crippen molar-refractivity contribution < 1.29 is 13.9 Å². The molecular weight excluding hydrogens is 423 g/mol. The van der Waals surface area contributed by atoms with Crippen molar-refractivity contribution in [3.8, 4) is 11.5 Å². The van der Waals surface area contributed by atoms with Crippen LogP contribution in [0.2, 0.25) is 0 Å². The van der Waals surface area contributed by atoms with Crippen molar-refractivity contribution in [2.24, 2.45) is 0 Å². The number of hydrogen-bond donors (Lipinski definition) is 1. The molecule has 0 fully saturated rings. The highest BCUT2D eigenvalue weighted by Gasteiger charge is 2.13. The molecule has 28 heavy (non-hydrogen) atoms. The summed E-state index contributed by atoms with van der Waals surface area (Å²) in [7, 11) is 1.61. The van der Waals surface area contributed by atoms with E-state index in [1.165, 1.54) is 6.07 Å². The van der Waals surface area contributed by atoms with E-state index >= 15 is 0 Å². The van der Waals surface area contributed by atoms with Gasteiger partial charge < -0.3 is 19.7 Å². The standard InChI is InChI=1S/C22H30BrFN2O2/c1-4-26(5-2)12-8-11-25-15-17-13-19(23)22(21(14-17)27-3)28-16-18-9-6-7-10-20(18)24/h6-7,9-10,13-14,25H,4-5,8,11-12,15-16H2,1-3H3. The van der Waals surface area contributed by atoms with Gasteiger partial charge in [0.1, 0.15) is 12.4 Å². The molecule has 0 amide bonds. The lowest BCUT2D eigenvalue weighted by atomic mass is 10.2. The first-order chi connectivity index (χ1) is 13.6. The van der Waals surface area contributed by atoms with E-state index in [1.54, 1.807) is 25.3 Å². The second-order valence-corrected chi connectivity index (χ2v) is 7.40. The third-order valence-electron chi connectivity index (χ3n) is 4.67. The van der Waals surface area contributed by atoms with Crippen molar-refractivity contribution in [1.82, 2.24) is 10.2 Å². The summed E-state index contributed by atoms with van der Waals surface area (Å²) in [4.78, 5) is 2.42. The Kier molecular flexibility index (Phi) is 9.75.